The molecule has 1 aliphatic rings. The van der Waals surface area contributed by atoms with Gasteiger partial charge in [-0.05, 0) is 30.9 Å². The molecule has 2 rings (SSSR count). The first-order valence-electron chi connectivity index (χ1n) is 7.57. The molecule has 0 bridgehead atoms. The number of aryl methyl sites for hydroxylation is 2. The van der Waals surface area contributed by atoms with E-state index in [1.807, 2.05) is 39.8 Å². The molecule has 22 heavy (non-hydrogen) atoms. The zero-order valence-corrected chi connectivity index (χ0v) is 14.4. The summed E-state index contributed by atoms with van der Waals surface area (Å²) in [6.45, 7) is 8.64. The smallest absolute Gasteiger partial charge is 0.357 e. The maximum absolute atomic E-state index is 12.2. The minimum atomic E-state index is 0.0978. The predicted octanol–water partition coefficient (Wildman–Crippen LogP) is 4.35. The van der Waals surface area contributed by atoms with Gasteiger partial charge in [-0.1, -0.05) is 37.6 Å². The van der Waals surface area contributed by atoms with Crippen molar-refractivity contribution >= 4 is 28.8 Å². The SMILES string of the molecule is Cc1ccc(C2=C(OC(=S)OCC(C)C)CCC2=O)c(C)c1. The topological polar surface area (TPSA) is 35.5 Å². The second-order valence-corrected chi connectivity index (χ2v) is 6.43. The average Bonchev–Trinajstić information content (AvgIpc) is 2.78. The van der Waals surface area contributed by atoms with Crippen molar-refractivity contribution in [3.05, 3.63) is 40.6 Å². The second-order valence-electron chi connectivity index (χ2n) is 6.10. The van der Waals surface area contributed by atoms with Crippen LogP contribution in [0, 0.1) is 19.8 Å². The van der Waals surface area contributed by atoms with Crippen LogP contribution in [0.1, 0.15) is 43.4 Å². The maximum Gasteiger partial charge on any atom is 0.357 e. The van der Waals surface area contributed by atoms with E-state index in [1.54, 1.807) is 0 Å². The van der Waals surface area contributed by atoms with E-state index >= 15 is 0 Å². The van der Waals surface area contributed by atoms with Crippen molar-refractivity contribution in [3.8, 4) is 0 Å². The highest BCUT2D eigenvalue weighted by Crippen LogP contribution is 2.34. The van der Waals surface area contributed by atoms with Crippen molar-refractivity contribution in [2.24, 2.45) is 5.92 Å². The van der Waals surface area contributed by atoms with Crippen molar-refractivity contribution in [2.75, 3.05) is 6.61 Å². The Labute approximate surface area is 137 Å². The molecule has 0 fully saturated rings. The molecule has 0 saturated heterocycles. The van der Waals surface area contributed by atoms with Crippen LogP contribution in [0.5, 0.6) is 0 Å². The van der Waals surface area contributed by atoms with Crippen LogP contribution in [0.4, 0.5) is 0 Å². The minimum Gasteiger partial charge on any atom is -0.456 e. The summed E-state index contributed by atoms with van der Waals surface area (Å²) in [4.78, 5) is 12.2. The van der Waals surface area contributed by atoms with E-state index in [0.29, 0.717) is 36.7 Å². The number of thiocarbonyl (C=S) groups is 1. The monoisotopic (exact) mass is 318 g/mol. The van der Waals surface area contributed by atoms with Gasteiger partial charge in [0.05, 0.1) is 12.2 Å². The zero-order chi connectivity index (χ0) is 16.3. The van der Waals surface area contributed by atoms with Crippen molar-refractivity contribution in [1.82, 2.24) is 0 Å². The molecule has 0 N–H and O–H groups in total. The van der Waals surface area contributed by atoms with Gasteiger partial charge in [0, 0.05) is 25.1 Å². The number of rotatable bonds is 4. The number of ether oxygens (including phenoxy) is 2. The van der Waals surface area contributed by atoms with Gasteiger partial charge in [0.2, 0.25) is 0 Å². The lowest BCUT2D eigenvalue weighted by atomic mass is 9.97. The summed E-state index contributed by atoms with van der Waals surface area (Å²) in [7, 11) is 0. The van der Waals surface area contributed by atoms with Crippen LogP contribution in [-0.4, -0.2) is 17.6 Å². The lowest BCUT2D eigenvalue weighted by molar-refractivity contribution is -0.113. The van der Waals surface area contributed by atoms with Gasteiger partial charge in [0.15, 0.2) is 5.78 Å². The molecule has 0 radical (unpaired) electrons. The molecule has 1 aliphatic carbocycles. The quantitative estimate of drug-likeness (QED) is 0.773. The van der Waals surface area contributed by atoms with Crippen LogP contribution in [-0.2, 0) is 14.3 Å². The molecule has 0 spiro atoms. The van der Waals surface area contributed by atoms with Gasteiger partial charge >= 0.3 is 5.24 Å². The van der Waals surface area contributed by atoms with E-state index in [-0.39, 0.29) is 11.0 Å². The Hall–Kier alpha value is -1.68. The third-order valence-electron chi connectivity index (χ3n) is 3.53. The molecular weight excluding hydrogens is 296 g/mol. The minimum absolute atomic E-state index is 0.0978. The molecule has 0 amide bonds. The van der Waals surface area contributed by atoms with Gasteiger partial charge in [-0.3, -0.25) is 4.79 Å². The van der Waals surface area contributed by atoms with Crippen LogP contribution >= 0.6 is 12.2 Å². The van der Waals surface area contributed by atoms with Crippen molar-refractivity contribution in [3.63, 3.8) is 0 Å². The normalized spacial score (nSPS) is 14.7. The van der Waals surface area contributed by atoms with Gasteiger partial charge in [-0.15, -0.1) is 0 Å². The number of ketones is 1. The molecule has 3 nitrogen and oxygen atoms in total. The summed E-state index contributed by atoms with van der Waals surface area (Å²) < 4.78 is 11.1. The molecule has 0 aliphatic heterocycles. The summed E-state index contributed by atoms with van der Waals surface area (Å²) in [5.41, 5.74) is 3.81. The Balaban J connectivity index is 2.24. The van der Waals surface area contributed by atoms with Gasteiger partial charge < -0.3 is 9.47 Å². The van der Waals surface area contributed by atoms with Crippen LogP contribution in [0.25, 0.3) is 5.57 Å². The van der Waals surface area contributed by atoms with Gasteiger partial charge in [0.1, 0.15) is 5.76 Å². The number of carbonyl (C=O) groups is 1. The average molecular weight is 318 g/mol. The summed E-state index contributed by atoms with van der Waals surface area (Å²) in [6.07, 6.45) is 1.04. The summed E-state index contributed by atoms with van der Waals surface area (Å²) in [5.74, 6) is 1.11. The van der Waals surface area contributed by atoms with Crippen molar-refractivity contribution < 1.29 is 14.3 Å². The fourth-order valence-electron chi connectivity index (χ4n) is 2.49. The maximum atomic E-state index is 12.2. The number of hydrogen-bond acceptors (Lipinski definition) is 4. The lowest BCUT2D eigenvalue weighted by Crippen LogP contribution is -2.11. The van der Waals surface area contributed by atoms with Crippen LogP contribution in [0.2, 0.25) is 0 Å². The van der Waals surface area contributed by atoms with Crippen LogP contribution in [0.3, 0.4) is 0 Å². The largest absolute Gasteiger partial charge is 0.456 e. The number of hydrogen-bond donors (Lipinski definition) is 0. The van der Waals surface area contributed by atoms with E-state index < -0.39 is 0 Å². The first-order valence-corrected chi connectivity index (χ1v) is 7.98. The summed E-state index contributed by atoms with van der Waals surface area (Å²) in [5, 5.41) is 0.0978. The molecular formula is C18H22O3S. The number of benzene rings is 1. The Morgan fingerprint density at radius 2 is 2.00 bits per heavy atom. The molecule has 0 aromatic heterocycles. The van der Waals surface area contributed by atoms with Crippen molar-refractivity contribution in [1.29, 1.82) is 0 Å². The third kappa shape index (κ3) is 3.95. The summed E-state index contributed by atoms with van der Waals surface area (Å²) in [6, 6.07) is 6.05. The van der Waals surface area contributed by atoms with Gasteiger partial charge in [-0.2, -0.15) is 0 Å². The Morgan fingerprint density at radius 1 is 1.27 bits per heavy atom. The van der Waals surface area contributed by atoms with E-state index in [1.165, 1.54) is 5.56 Å². The first-order chi connectivity index (χ1) is 10.4. The number of allylic oxidation sites excluding steroid dienone is 2. The fourth-order valence-corrected chi connectivity index (χ4v) is 2.66. The lowest BCUT2D eigenvalue weighted by Gasteiger charge is -2.13. The zero-order valence-electron chi connectivity index (χ0n) is 13.6. The molecule has 0 atom stereocenters. The van der Waals surface area contributed by atoms with Gasteiger partial charge in [-0.25, -0.2) is 0 Å². The van der Waals surface area contributed by atoms with Crippen LogP contribution in [0.15, 0.2) is 24.0 Å². The molecule has 1 aromatic rings. The summed E-state index contributed by atoms with van der Waals surface area (Å²) >= 11 is 5.11. The van der Waals surface area contributed by atoms with Crippen molar-refractivity contribution in [2.45, 2.75) is 40.5 Å². The Morgan fingerprint density at radius 3 is 2.64 bits per heavy atom. The number of Topliss-reactive ketones (excluding diaryl/α,β-unsaturated/α-hetero) is 1. The molecule has 0 heterocycles. The molecule has 118 valence electrons. The third-order valence-corrected chi connectivity index (χ3v) is 3.73. The highest BCUT2D eigenvalue weighted by atomic mass is 32.1. The van der Waals surface area contributed by atoms with Gasteiger partial charge in [0.25, 0.3) is 0 Å². The molecule has 0 unspecified atom stereocenters. The number of carbonyl (C=O) groups excluding carboxylic acids is 1. The molecule has 4 heteroatoms. The van der Waals surface area contributed by atoms with E-state index in [9.17, 15) is 4.79 Å². The highest BCUT2D eigenvalue weighted by Gasteiger charge is 2.28. The van der Waals surface area contributed by atoms with E-state index in [2.05, 4.69) is 6.07 Å². The highest BCUT2D eigenvalue weighted by molar-refractivity contribution is 7.79. The molecule has 0 saturated carbocycles. The fraction of sp³-hybridized carbons (Fsp3) is 0.444. The Kier molecular flexibility index (Phi) is 5.35. The van der Waals surface area contributed by atoms with E-state index in [4.69, 9.17) is 21.7 Å². The second kappa shape index (κ2) is 7.05. The first kappa shape index (κ1) is 16.7. The van der Waals surface area contributed by atoms with E-state index in [0.717, 1.165) is 11.1 Å². The molecule has 1 aromatic carbocycles. The Bertz CT molecular complexity index is 629. The predicted molar refractivity (Wildman–Crippen MR) is 91.6 cm³/mol. The van der Waals surface area contributed by atoms with Crippen LogP contribution < -0.4 is 0 Å². The standard InChI is InChI=1S/C18H22O3S/c1-11(2)10-20-18(22)21-16-8-7-15(19)17(16)14-6-5-12(3)9-13(14)4/h5-6,9,11H,7-8,10H2,1-4H3.